The van der Waals surface area contributed by atoms with Crippen molar-refractivity contribution in [3.05, 3.63) is 18.1 Å². The fourth-order valence-corrected chi connectivity index (χ4v) is 0.738. The van der Waals surface area contributed by atoms with Crippen LogP contribution in [0.2, 0.25) is 0 Å². The summed E-state index contributed by atoms with van der Waals surface area (Å²) in [4.78, 5) is 0. The SMILES string of the molecule is CCC(N)c1cc(O)co1. The summed E-state index contributed by atoms with van der Waals surface area (Å²) in [5.74, 6) is 0.777. The Hall–Kier alpha value is -0.960. The Morgan fingerprint density at radius 2 is 2.50 bits per heavy atom. The Kier molecular flexibility index (Phi) is 1.97. The molecule has 0 aliphatic heterocycles. The quantitative estimate of drug-likeness (QED) is 0.654. The van der Waals surface area contributed by atoms with Crippen LogP contribution >= 0.6 is 0 Å². The highest BCUT2D eigenvalue weighted by Gasteiger charge is 2.07. The van der Waals surface area contributed by atoms with E-state index in [-0.39, 0.29) is 11.8 Å². The Morgan fingerprint density at radius 3 is 2.90 bits per heavy atom. The summed E-state index contributed by atoms with van der Waals surface area (Å²) in [5.41, 5.74) is 5.60. The van der Waals surface area contributed by atoms with Gasteiger partial charge in [-0.05, 0) is 6.42 Å². The molecule has 0 amide bonds. The molecule has 3 heteroatoms. The van der Waals surface area contributed by atoms with Gasteiger partial charge >= 0.3 is 0 Å². The Labute approximate surface area is 59.5 Å². The topological polar surface area (TPSA) is 59.4 Å². The van der Waals surface area contributed by atoms with Crippen molar-refractivity contribution in [2.75, 3.05) is 0 Å². The Bertz CT molecular complexity index is 207. The average molecular weight is 141 g/mol. The summed E-state index contributed by atoms with van der Waals surface area (Å²) >= 11 is 0. The maximum atomic E-state index is 8.85. The summed E-state index contributed by atoms with van der Waals surface area (Å²) in [6.07, 6.45) is 2.10. The van der Waals surface area contributed by atoms with Crippen LogP contribution in [0.15, 0.2) is 16.7 Å². The highest BCUT2D eigenvalue weighted by molar-refractivity contribution is 5.19. The Balaban J connectivity index is 2.74. The molecule has 0 saturated heterocycles. The van der Waals surface area contributed by atoms with Gasteiger partial charge in [-0.3, -0.25) is 0 Å². The van der Waals surface area contributed by atoms with E-state index in [9.17, 15) is 0 Å². The lowest BCUT2D eigenvalue weighted by Gasteiger charge is -2.01. The molecule has 56 valence electrons. The second-order valence-electron chi connectivity index (χ2n) is 2.22. The van der Waals surface area contributed by atoms with Crippen LogP contribution in [0.25, 0.3) is 0 Å². The third kappa shape index (κ3) is 1.30. The van der Waals surface area contributed by atoms with Gasteiger partial charge in [-0.1, -0.05) is 6.92 Å². The maximum absolute atomic E-state index is 8.85. The van der Waals surface area contributed by atoms with Crippen molar-refractivity contribution in [2.45, 2.75) is 19.4 Å². The molecular weight excluding hydrogens is 130 g/mol. The molecule has 0 bridgehead atoms. The van der Waals surface area contributed by atoms with Crippen LogP contribution in [-0.4, -0.2) is 5.11 Å². The van der Waals surface area contributed by atoms with Crippen LogP contribution in [0.4, 0.5) is 0 Å². The third-order valence-electron chi connectivity index (χ3n) is 1.41. The number of furan rings is 1. The van der Waals surface area contributed by atoms with Crippen molar-refractivity contribution < 1.29 is 9.52 Å². The van der Waals surface area contributed by atoms with E-state index in [1.54, 1.807) is 0 Å². The molecule has 1 rings (SSSR count). The highest BCUT2D eigenvalue weighted by Crippen LogP contribution is 2.20. The lowest BCUT2D eigenvalue weighted by molar-refractivity contribution is 0.437. The standard InChI is InChI=1S/C7H11NO2/c1-2-6(8)7-3-5(9)4-10-7/h3-4,6,9H,2,8H2,1H3. The van der Waals surface area contributed by atoms with Crippen molar-refractivity contribution in [3.8, 4) is 5.75 Å². The number of nitrogens with two attached hydrogens (primary N) is 1. The molecule has 1 aromatic heterocycles. The van der Waals surface area contributed by atoms with E-state index in [0.29, 0.717) is 5.76 Å². The van der Waals surface area contributed by atoms with Gasteiger partial charge in [0.15, 0.2) is 5.75 Å². The van der Waals surface area contributed by atoms with Crippen LogP contribution in [0.3, 0.4) is 0 Å². The van der Waals surface area contributed by atoms with Crippen molar-refractivity contribution in [1.29, 1.82) is 0 Å². The van der Waals surface area contributed by atoms with Gasteiger partial charge < -0.3 is 15.3 Å². The van der Waals surface area contributed by atoms with Crippen LogP contribution in [0.1, 0.15) is 25.1 Å². The molecule has 3 N–H and O–H groups in total. The molecular formula is C7H11NO2. The fourth-order valence-electron chi connectivity index (χ4n) is 0.738. The first-order valence-corrected chi connectivity index (χ1v) is 3.27. The molecule has 0 saturated carbocycles. The van der Waals surface area contributed by atoms with E-state index in [2.05, 4.69) is 0 Å². The molecule has 0 fully saturated rings. The molecule has 0 spiro atoms. The van der Waals surface area contributed by atoms with Gasteiger partial charge in [-0.25, -0.2) is 0 Å². The molecule has 0 aliphatic rings. The first-order valence-electron chi connectivity index (χ1n) is 3.27. The van der Waals surface area contributed by atoms with Gasteiger partial charge in [0, 0.05) is 6.07 Å². The van der Waals surface area contributed by atoms with Gasteiger partial charge in [0.25, 0.3) is 0 Å². The predicted octanol–water partition coefficient (Wildman–Crippen LogP) is 1.40. The van der Waals surface area contributed by atoms with Crippen LogP contribution in [-0.2, 0) is 0 Å². The van der Waals surface area contributed by atoms with E-state index in [4.69, 9.17) is 15.3 Å². The molecule has 1 atom stereocenters. The highest BCUT2D eigenvalue weighted by atomic mass is 16.4. The van der Waals surface area contributed by atoms with E-state index >= 15 is 0 Å². The summed E-state index contributed by atoms with van der Waals surface area (Å²) in [6.45, 7) is 1.96. The second kappa shape index (κ2) is 2.75. The van der Waals surface area contributed by atoms with E-state index in [1.165, 1.54) is 12.3 Å². The minimum Gasteiger partial charge on any atom is -0.505 e. The molecule has 1 heterocycles. The second-order valence-corrected chi connectivity index (χ2v) is 2.22. The lowest BCUT2D eigenvalue weighted by Crippen LogP contribution is -2.06. The van der Waals surface area contributed by atoms with E-state index in [0.717, 1.165) is 6.42 Å². The Morgan fingerprint density at radius 1 is 1.80 bits per heavy atom. The van der Waals surface area contributed by atoms with E-state index < -0.39 is 0 Å². The van der Waals surface area contributed by atoms with Gasteiger partial charge in [0.1, 0.15) is 12.0 Å². The number of hydrogen-bond donors (Lipinski definition) is 2. The van der Waals surface area contributed by atoms with Gasteiger partial charge in [0.05, 0.1) is 6.04 Å². The average Bonchev–Trinajstić information content (AvgIpc) is 2.34. The van der Waals surface area contributed by atoms with Crippen LogP contribution in [0, 0.1) is 0 Å². The normalized spacial score (nSPS) is 13.4. The van der Waals surface area contributed by atoms with Crippen LogP contribution < -0.4 is 5.73 Å². The summed E-state index contributed by atoms with van der Waals surface area (Å²) in [5, 5.41) is 8.85. The monoisotopic (exact) mass is 141 g/mol. The summed E-state index contributed by atoms with van der Waals surface area (Å²) < 4.78 is 4.94. The molecule has 1 unspecified atom stereocenters. The molecule has 1 aromatic rings. The first-order chi connectivity index (χ1) is 4.74. The van der Waals surface area contributed by atoms with Gasteiger partial charge in [-0.15, -0.1) is 0 Å². The predicted molar refractivity (Wildman–Crippen MR) is 37.6 cm³/mol. The maximum Gasteiger partial charge on any atom is 0.154 e. The third-order valence-corrected chi connectivity index (χ3v) is 1.41. The molecule has 10 heavy (non-hydrogen) atoms. The number of aromatic hydroxyl groups is 1. The van der Waals surface area contributed by atoms with Crippen molar-refractivity contribution in [3.63, 3.8) is 0 Å². The van der Waals surface area contributed by atoms with Gasteiger partial charge in [0.2, 0.25) is 0 Å². The summed E-state index contributed by atoms with van der Waals surface area (Å²) in [7, 11) is 0. The fraction of sp³-hybridized carbons (Fsp3) is 0.429. The van der Waals surface area contributed by atoms with Crippen molar-refractivity contribution >= 4 is 0 Å². The zero-order chi connectivity index (χ0) is 7.56. The molecule has 0 radical (unpaired) electrons. The zero-order valence-corrected chi connectivity index (χ0v) is 5.87. The van der Waals surface area contributed by atoms with Crippen LogP contribution in [0.5, 0.6) is 5.75 Å². The van der Waals surface area contributed by atoms with Crippen molar-refractivity contribution in [2.24, 2.45) is 5.73 Å². The summed E-state index contributed by atoms with van der Waals surface area (Å²) in [6, 6.07) is 1.44. The molecule has 0 aliphatic carbocycles. The minimum absolute atomic E-state index is 0.0964. The molecule has 3 nitrogen and oxygen atoms in total. The van der Waals surface area contributed by atoms with E-state index in [1.807, 2.05) is 6.92 Å². The minimum atomic E-state index is -0.0964. The van der Waals surface area contributed by atoms with Gasteiger partial charge in [-0.2, -0.15) is 0 Å². The zero-order valence-electron chi connectivity index (χ0n) is 5.87. The lowest BCUT2D eigenvalue weighted by atomic mass is 10.2. The largest absolute Gasteiger partial charge is 0.505 e. The first kappa shape index (κ1) is 7.15. The van der Waals surface area contributed by atoms with Crippen molar-refractivity contribution in [1.82, 2.24) is 0 Å². The molecule has 0 aromatic carbocycles. The smallest absolute Gasteiger partial charge is 0.154 e. The number of rotatable bonds is 2. The number of hydrogen-bond acceptors (Lipinski definition) is 3.